The first kappa shape index (κ1) is 11.8. The summed E-state index contributed by atoms with van der Waals surface area (Å²) in [5.41, 5.74) is 8.45. The van der Waals surface area contributed by atoms with Gasteiger partial charge in [-0.1, -0.05) is 13.8 Å². The van der Waals surface area contributed by atoms with Gasteiger partial charge in [-0.05, 0) is 25.1 Å². The largest absolute Gasteiger partial charge is 0.360 e. The Labute approximate surface area is 101 Å². The molecule has 4 nitrogen and oxygen atoms in total. The highest BCUT2D eigenvalue weighted by atomic mass is 14.9. The van der Waals surface area contributed by atoms with Crippen LogP contribution in [0.2, 0.25) is 0 Å². The van der Waals surface area contributed by atoms with E-state index in [-0.39, 0.29) is 5.41 Å². The number of aromatic nitrogens is 3. The summed E-state index contributed by atoms with van der Waals surface area (Å²) in [6, 6.07) is 5.93. The molecule has 0 aliphatic heterocycles. The van der Waals surface area contributed by atoms with E-state index in [1.54, 1.807) is 0 Å². The molecule has 0 bridgehead atoms. The minimum Gasteiger partial charge on any atom is -0.360 e. The third-order valence-corrected chi connectivity index (χ3v) is 2.84. The molecule has 0 saturated carbocycles. The second kappa shape index (κ2) is 4.30. The predicted molar refractivity (Wildman–Crippen MR) is 68.6 cm³/mol. The number of nitrogens with one attached hydrogen (secondary N) is 1. The Morgan fingerprint density at radius 1 is 1.35 bits per heavy atom. The maximum Gasteiger partial charge on any atom is 0.136 e. The predicted octanol–water partition coefficient (Wildman–Crippen LogP) is 2.02. The van der Waals surface area contributed by atoms with Gasteiger partial charge in [-0.3, -0.25) is 0 Å². The molecule has 0 saturated heterocycles. The molecule has 2 heterocycles. The van der Waals surface area contributed by atoms with E-state index in [1.165, 1.54) is 0 Å². The second-order valence-electron chi connectivity index (χ2n) is 4.89. The fraction of sp³-hybridized carbons (Fsp3) is 0.385. The zero-order valence-electron chi connectivity index (χ0n) is 10.5. The summed E-state index contributed by atoms with van der Waals surface area (Å²) in [7, 11) is 0. The first-order valence-corrected chi connectivity index (χ1v) is 5.73. The molecule has 90 valence electrons. The van der Waals surface area contributed by atoms with Gasteiger partial charge in [-0.25, -0.2) is 9.97 Å². The normalized spacial score (nSPS) is 11.8. The van der Waals surface area contributed by atoms with Crippen LogP contribution < -0.4 is 5.73 Å². The van der Waals surface area contributed by atoms with E-state index < -0.39 is 0 Å². The molecular weight excluding hydrogens is 212 g/mol. The minimum atomic E-state index is -0.201. The third-order valence-electron chi connectivity index (χ3n) is 2.84. The van der Waals surface area contributed by atoms with Crippen LogP contribution in [-0.2, 0) is 5.41 Å². The van der Waals surface area contributed by atoms with E-state index in [9.17, 15) is 0 Å². The van der Waals surface area contributed by atoms with Crippen molar-refractivity contribution in [3.8, 4) is 11.4 Å². The van der Waals surface area contributed by atoms with Gasteiger partial charge in [0, 0.05) is 23.9 Å². The van der Waals surface area contributed by atoms with Crippen LogP contribution in [0.1, 0.15) is 25.4 Å². The Hall–Kier alpha value is -1.68. The first-order chi connectivity index (χ1) is 8.03. The van der Waals surface area contributed by atoms with Crippen LogP contribution in [-0.4, -0.2) is 21.5 Å². The zero-order chi connectivity index (χ0) is 12.5. The lowest BCUT2D eigenvalue weighted by atomic mass is 9.92. The van der Waals surface area contributed by atoms with Gasteiger partial charge < -0.3 is 10.7 Å². The summed E-state index contributed by atoms with van der Waals surface area (Å²) in [4.78, 5) is 12.2. The summed E-state index contributed by atoms with van der Waals surface area (Å²) in [5, 5.41) is 0. The van der Waals surface area contributed by atoms with Gasteiger partial charge in [0.25, 0.3) is 0 Å². The van der Waals surface area contributed by atoms with Crippen molar-refractivity contribution in [2.24, 2.45) is 5.73 Å². The van der Waals surface area contributed by atoms with Crippen molar-refractivity contribution in [3.63, 3.8) is 0 Å². The minimum absolute atomic E-state index is 0.201. The van der Waals surface area contributed by atoms with E-state index in [0.717, 1.165) is 22.9 Å². The lowest BCUT2D eigenvalue weighted by Gasteiger charge is -2.21. The Balaban J connectivity index is 2.50. The Bertz CT molecular complexity index is 500. The molecule has 0 spiro atoms. The van der Waals surface area contributed by atoms with Crippen LogP contribution in [0.25, 0.3) is 11.4 Å². The fourth-order valence-electron chi connectivity index (χ4n) is 1.59. The van der Waals surface area contributed by atoms with Crippen LogP contribution in [0.5, 0.6) is 0 Å². The molecule has 0 atom stereocenters. The number of nitrogens with two attached hydrogens (primary N) is 1. The average molecular weight is 230 g/mol. The van der Waals surface area contributed by atoms with Gasteiger partial charge in [0.15, 0.2) is 0 Å². The number of nitrogens with zero attached hydrogens (tertiary/aromatic N) is 2. The molecule has 0 unspecified atom stereocenters. The molecule has 17 heavy (non-hydrogen) atoms. The highest BCUT2D eigenvalue weighted by Gasteiger charge is 2.23. The SMILES string of the molecule is Cc1cc(-c2ccc[nH]2)nc(C(C)(C)CN)n1. The summed E-state index contributed by atoms with van der Waals surface area (Å²) in [6.07, 6.45) is 1.89. The van der Waals surface area contributed by atoms with Crippen molar-refractivity contribution < 1.29 is 0 Å². The van der Waals surface area contributed by atoms with Crippen LogP contribution in [0, 0.1) is 6.92 Å². The Morgan fingerprint density at radius 3 is 2.71 bits per heavy atom. The van der Waals surface area contributed by atoms with E-state index in [2.05, 4.69) is 28.8 Å². The van der Waals surface area contributed by atoms with E-state index in [4.69, 9.17) is 5.73 Å². The zero-order valence-corrected chi connectivity index (χ0v) is 10.5. The standard InChI is InChI=1S/C13H18N4/c1-9-7-11(10-5-4-6-15-10)17-12(16-9)13(2,3)8-14/h4-7,15H,8,14H2,1-3H3. The molecule has 2 rings (SSSR count). The Morgan fingerprint density at radius 2 is 2.12 bits per heavy atom. The second-order valence-corrected chi connectivity index (χ2v) is 4.89. The maximum atomic E-state index is 5.77. The Kier molecular flexibility index (Phi) is 2.98. The molecule has 3 N–H and O–H groups in total. The third kappa shape index (κ3) is 2.36. The monoisotopic (exact) mass is 230 g/mol. The van der Waals surface area contributed by atoms with Crippen LogP contribution in [0.3, 0.4) is 0 Å². The first-order valence-electron chi connectivity index (χ1n) is 5.73. The molecule has 0 fully saturated rings. The van der Waals surface area contributed by atoms with Gasteiger partial charge in [0.2, 0.25) is 0 Å². The number of hydrogen-bond donors (Lipinski definition) is 2. The van der Waals surface area contributed by atoms with Crippen molar-refractivity contribution >= 4 is 0 Å². The smallest absolute Gasteiger partial charge is 0.136 e. The van der Waals surface area contributed by atoms with E-state index in [1.807, 2.05) is 31.3 Å². The van der Waals surface area contributed by atoms with E-state index in [0.29, 0.717) is 6.54 Å². The topological polar surface area (TPSA) is 67.6 Å². The van der Waals surface area contributed by atoms with Gasteiger partial charge in [0.05, 0.1) is 11.4 Å². The van der Waals surface area contributed by atoms with Crippen molar-refractivity contribution in [2.75, 3.05) is 6.54 Å². The molecule has 2 aromatic heterocycles. The van der Waals surface area contributed by atoms with Gasteiger partial charge in [0.1, 0.15) is 5.82 Å². The van der Waals surface area contributed by atoms with Crippen molar-refractivity contribution in [1.29, 1.82) is 0 Å². The van der Waals surface area contributed by atoms with Crippen LogP contribution in [0.15, 0.2) is 24.4 Å². The summed E-state index contributed by atoms with van der Waals surface area (Å²) >= 11 is 0. The highest BCUT2D eigenvalue weighted by molar-refractivity contribution is 5.54. The molecule has 2 aromatic rings. The van der Waals surface area contributed by atoms with Gasteiger partial charge in [-0.15, -0.1) is 0 Å². The van der Waals surface area contributed by atoms with E-state index >= 15 is 0 Å². The van der Waals surface area contributed by atoms with Crippen molar-refractivity contribution in [1.82, 2.24) is 15.0 Å². The summed E-state index contributed by atoms with van der Waals surface area (Å²) in [6.45, 7) is 6.62. The summed E-state index contributed by atoms with van der Waals surface area (Å²) < 4.78 is 0. The molecule has 0 amide bonds. The lowest BCUT2D eigenvalue weighted by molar-refractivity contribution is 0.501. The number of hydrogen-bond acceptors (Lipinski definition) is 3. The number of aromatic amines is 1. The molecule has 0 aromatic carbocycles. The average Bonchev–Trinajstić information content (AvgIpc) is 2.81. The van der Waals surface area contributed by atoms with Gasteiger partial charge in [-0.2, -0.15) is 0 Å². The lowest BCUT2D eigenvalue weighted by Crippen LogP contribution is -2.30. The highest BCUT2D eigenvalue weighted by Crippen LogP contribution is 2.22. The van der Waals surface area contributed by atoms with Crippen LogP contribution in [0.4, 0.5) is 0 Å². The number of aryl methyl sites for hydroxylation is 1. The van der Waals surface area contributed by atoms with Crippen LogP contribution >= 0.6 is 0 Å². The number of H-pyrrole nitrogens is 1. The molecule has 0 aliphatic rings. The quantitative estimate of drug-likeness (QED) is 0.847. The molecule has 0 aliphatic carbocycles. The number of rotatable bonds is 3. The van der Waals surface area contributed by atoms with Gasteiger partial charge >= 0.3 is 0 Å². The van der Waals surface area contributed by atoms with Crippen molar-refractivity contribution in [2.45, 2.75) is 26.2 Å². The maximum absolute atomic E-state index is 5.77. The summed E-state index contributed by atoms with van der Waals surface area (Å²) in [5.74, 6) is 0.796. The fourth-order valence-corrected chi connectivity index (χ4v) is 1.59. The molecule has 4 heteroatoms. The molecular formula is C13H18N4. The van der Waals surface area contributed by atoms with Crippen molar-refractivity contribution in [3.05, 3.63) is 35.9 Å². The molecule has 0 radical (unpaired) electrons.